The fourth-order valence-electron chi connectivity index (χ4n) is 3.24. The van der Waals surface area contributed by atoms with Crippen molar-refractivity contribution in [2.45, 2.75) is 25.9 Å². The molecular weight excluding hydrogens is 348 g/mol. The first kappa shape index (κ1) is 18.7. The van der Waals surface area contributed by atoms with Crippen LogP contribution in [0, 0.1) is 5.92 Å². The molecular formula is C19H26N4O2S. The second-order valence-corrected chi connectivity index (χ2v) is 7.63. The summed E-state index contributed by atoms with van der Waals surface area (Å²) in [6.45, 7) is 4.38. The molecule has 3 heterocycles. The van der Waals surface area contributed by atoms with Gasteiger partial charge in [-0.1, -0.05) is 6.07 Å². The van der Waals surface area contributed by atoms with Gasteiger partial charge in [-0.3, -0.25) is 4.90 Å². The Balaban J connectivity index is 1.38. The minimum absolute atomic E-state index is 0.129. The number of likely N-dealkylation sites (tertiary alicyclic amines) is 1. The molecule has 1 saturated heterocycles. The highest BCUT2D eigenvalue weighted by atomic mass is 32.1. The van der Waals surface area contributed by atoms with Crippen molar-refractivity contribution in [1.29, 1.82) is 0 Å². The standard InChI is InChI=1S/C19H26N4O2S/c1-25-18-10-15(6-7-20-18)11-21-19(24)22-12-16-4-2-8-23(13-16)14-17-5-3-9-26-17/h3,5-7,9-10,16H,2,4,8,11-14H2,1H3,(H2,21,22,24). The molecule has 0 saturated carbocycles. The number of urea groups is 1. The summed E-state index contributed by atoms with van der Waals surface area (Å²) in [5.74, 6) is 1.06. The number of rotatable bonds is 7. The molecule has 7 heteroatoms. The fraction of sp³-hybridized carbons (Fsp3) is 0.474. The Morgan fingerprint density at radius 3 is 3.15 bits per heavy atom. The van der Waals surface area contributed by atoms with Crippen molar-refractivity contribution in [3.05, 3.63) is 46.3 Å². The maximum atomic E-state index is 12.1. The highest BCUT2D eigenvalue weighted by Gasteiger charge is 2.20. The van der Waals surface area contributed by atoms with Crippen LogP contribution >= 0.6 is 11.3 Å². The maximum absolute atomic E-state index is 12.1. The third-order valence-electron chi connectivity index (χ3n) is 4.58. The first-order valence-corrected chi connectivity index (χ1v) is 9.86. The summed E-state index contributed by atoms with van der Waals surface area (Å²) in [5.41, 5.74) is 0.965. The van der Waals surface area contributed by atoms with Crippen LogP contribution in [0.15, 0.2) is 35.8 Å². The number of thiophene rings is 1. The molecule has 6 nitrogen and oxygen atoms in total. The lowest BCUT2D eigenvalue weighted by Crippen LogP contribution is -2.43. The van der Waals surface area contributed by atoms with Crippen molar-refractivity contribution in [2.24, 2.45) is 5.92 Å². The van der Waals surface area contributed by atoms with Gasteiger partial charge < -0.3 is 15.4 Å². The van der Waals surface area contributed by atoms with Crippen LogP contribution in [0.5, 0.6) is 5.88 Å². The van der Waals surface area contributed by atoms with Crippen molar-refractivity contribution in [3.8, 4) is 5.88 Å². The molecule has 2 aromatic heterocycles. The van der Waals surface area contributed by atoms with Gasteiger partial charge >= 0.3 is 6.03 Å². The number of methoxy groups -OCH3 is 1. The van der Waals surface area contributed by atoms with Gasteiger partial charge in [-0.05, 0) is 48.4 Å². The summed E-state index contributed by atoms with van der Waals surface area (Å²) < 4.78 is 5.09. The SMILES string of the molecule is COc1cc(CNC(=O)NCC2CCCN(Cc3cccs3)C2)ccn1. The zero-order valence-corrected chi connectivity index (χ0v) is 15.9. The molecule has 2 amide bonds. The highest BCUT2D eigenvalue weighted by molar-refractivity contribution is 7.09. The van der Waals surface area contributed by atoms with Crippen LogP contribution in [0.4, 0.5) is 4.79 Å². The lowest BCUT2D eigenvalue weighted by atomic mass is 9.98. The zero-order chi connectivity index (χ0) is 18.2. The number of amides is 2. The lowest BCUT2D eigenvalue weighted by molar-refractivity contribution is 0.166. The van der Waals surface area contributed by atoms with E-state index in [1.807, 2.05) is 23.5 Å². The van der Waals surface area contributed by atoms with Crippen LogP contribution in [0.25, 0.3) is 0 Å². The Kier molecular flexibility index (Phi) is 6.85. The van der Waals surface area contributed by atoms with E-state index in [-0.39, 0.29) is 6.03 Å². The van der Waals surface area contributed by atoms with Gasteiger partial charge in [-0.25, -0.2) is 9.78 Å². The van der Waals surface area contributed by atoms with Gasteiger partial charge in [0.2, 0.25) is 5.88 Å². The zero-order valence-electron chi connectivity index (χ0n) is 15.1. The van der Waals surface area contributed by atoms with Crippen molar-refractivity contribution >= 4 is 17.4 Å². The number of pyridine rings is 1. The van der Waals surface area contributed by atoms with E-state index in [1.54, 1.807) is 13.3 Å². The van der Waals surface area contributed by atoms with Crippen LogP contribution in [0.1, 0.15) is 23.3 Å². The molecule has 26 heavy (non-hydrogen) atoms. The minimum atomic E-state index is -0.129. The summed E-state index contributed by atoms with van der Waals surface area (Å²) in [5, 5.41) is 8.03. The van der Waals surface area contributed by atoms with E-state index in [4.69, 9.17) is 4.74 Å². The van der Waals surface area contributed by atoms with Crippen LogP contribution in [0.3, 0.4) is 0 Å². The predicted octanol–water partition coefficient (Wildman–Crippen LogP) is 2.86. The number of aromatic nitrogens is 1. The molecule has 3 rings (SSSR count). The fourth-order valence-corrected chi connectivity index (χ4v) is 3.98. The first-order valence-electron chi connectivity index (χ1n) is 8.98. The van der Waals surface area contributed by atoms with Crippen LogP contribution < -0.4 is 15.4 Å². The number of carbonyl (C=O) groups excluding carboxylic acids is 1. The van der Waals surface area contributed by atoms with Gasteiger partial charge in [-0.15, -0.1) is 11.3 Å². The number of nitrogens with zero attached hydrogens (tertiary/aromatic N) is 2. The van der Waals surface area contributed by atoms with Gasteiger partial charge in [0, 0.05) is 43.3 Å². The van der Waals surface area contributed by atoms with Gasteiger partial charge in [0.05, 0.1) is 7.11 Å². The maximum Gasteiger partial charge on any atom is 0.315 e. The molecule has 140 valence electrons. The number of hydrogen-bond donors (Lipinski definition) is 2. The molecule has 2 aromatic rings. The predicted molar refractivity (Wildman–Crippen MR) is 103 cm³/mol. The number of ether oxygens (including phenoxy) is 1. The molecule has 0 bridgehead atoms. The summed E-state index contributed by atoms with van der Waals surface area (Å²) in [6.07, 6.45) is 4.04. The summed E-state index contributed by atoms with van der Waals surface area (Å²) in [4.78, 5) is 20.0. The molecule has 1 fully saturated rings. The largest absolute Gasteiger partial charge is 0.481 e. The van der Waals surface area contributed by atoms with Crippen molar-refractivity contribution < 1.29 is 9.53 Å². The van der Waals surface area contributed by atoms with Gasteiger partial charge in [-0.2, -0.15) is 0 Å². The van der Waals surface area contributed by atoms with E-state index in [0.717, 1.165) is 25.2 Å². The molecule has 2 N–H and O–H groups in total. The Morgan fingerprint density at radius 1 is 1.42 bits per heavy atom. The number of carbonyl (C=O) groups is 1. The van der Waals surface area contributed by atoms with Crippen LogP contribution in [-0.2, 0) is 13.1 Å². The average Bonchev–Trinajstić information content (AvgIpc) is 3.18. The minimum Gasteiger partial charge on any atom is -0.481 e. The summed E-state index contributed by atoms with van der Waals surface area (Å²) in [7, 11) is 1.58. The van der Waals surface area contributed by atoms with Crippen molar-refractivity contribution in [2.75, 3.05) is 26.7 Å². The molecule has 1 unspecified atom stereocenters. The molecule has 0 aliphatic carbocycles. The second kappa shape index (κ2) is 9.54. The highest BCUT2D eigenvalue weighted by Crippen LogP contribution is 2.20. The van der Waals surface area contributed by atoms with Gasteiger partial charge in [0.15, 0.2) is 0 Å². The Hall–Kier alpha value is -2.12. The topological polar surface area (TPSA) is 66.5 Å². The van der Waals surface area contributed by atoms with Crippen molar-refractivity contribution in [1.82, 2.24) is 20.5 Å². The van der Waals surface area contributed by atoms with E-state index >= 15 is 0 Å². The molecule has 1 aliphatic heterocycles. The smallest absolute Gasteiger partial charge is 0.315 e. The van der Waals surface area contributed by atoms with E-state index in [9.17, 15) is 4.79 Å². The van der Waals surface area contributed by atoms with E-state index in [2.05, 4.69) is 38.0 Å². The van der Waals surface area contributed by atoms with Crippen LogP contribution in [-0.4, -0.2) is 42.7 Å². The Morgan fingerprint density at radius 2 is 2.35 bits per heavy atom. The summed E-state index contributed by atoms with van der Waals surface area (Å²) in [6, 6.07) is 7.85. The summed E-state index contributed by atoms with van der Waals surface area (Å²) >= 11 is 1.81. The Labute approximate surface area is 158 Å². The number of piperidine rings is 1. The quantitative estimate of drug-likeness (QED) is 0.782. The molecule has 0 aromatic carbocycles. The van der Waals surface area contributed by atoms with Crippen molar-refractivity contribution in [3.63, 3.8) is 0 Å². The third kappa shape index (κ3) is 5.71. The van der Waals surface area contributed by atoms with Gasteiger partial charge in [0.25, 0.3) is 0 Å². The van der Waals surface area contributed by atoms with E-state index < -0.39 is 0 Å². The van der Waals surface area contributed by atoms with E-state index in [0.29, 0.717) is 24.9 Å². The van der Waals surface area contributed by atoms with Gasteiger partial charge in [0.1, 0.15) is 0 Å². The molecule has 1 atom stereocenters. The number of hydrogen-bond acceptors (Lipinski definition) is 5. The normalized spacial score (nSPS) is 17.7. The average molecular weight is 375 g/mol. The molecule has 0 radical (unpaired) electrons. The van der Waals surface area contributed by atoms with E-state index in [1.165, 1.54) is 17.7 Å². The number of nitrogens with one attached hydrogen (secondary N) is 2. The third-order valence-corrected chi connectivity index (χ3v) is 5.44. The molecule has 1 aliphatic rings. The molecule has 0 spiro atoms. The van der Waals surface area contributed by atoms with Crippen LogP contribution in [0.2, 0.25) is 0 Å². The first-order chi connectivity index (χ1) is 12.7. The monoisotopic (exact) mass is 374 g/mol. The Bertz CT molecular complexity index is 693. The lowest BCUT2D eigenvalue weighted by Gasteiger charge is -2.32. The second-order valence-electron chi connectivity index (χ2n) is 6.59.